The van der Waals surface area contributed by atoms with Crippen molar-refractivity contribution in [1.29, 1.82) is 0 Å². The molecule has 8 heteroatoms. The third-order valence-corrected chi connectivity index (χ3v) is 5.56. The van der Waals surface area contributed by atoms with Crippen LogP contribution in [0.1, 0.15) is 24.2 Å². The first-order valence-electron chi connectivity index (χ1n) is 9.13. The van der Waals surface area contributed by atoms with Gasteiger partial charge in [-0.25, -0.2) is 0 Å². The molecule has 0 unspecified atom stereocenters. The summed E-state index contributed by atoms with van der Waals surface area (Å²) in [6, 6.07) is 9.61. The van der Waals surface area contributed by atoms with E-state index < -0.39 is 0 Å². The standard InChI is InChI=1S/C20H25Cl2N3O2.HI/c1-23-19(24-9-6-16-3-2-10-27-16)25-14-20(7-11-26-12-8-20)17-5-4-15(21)13-18(17)22;/h2-5,10,13H,6-9,11-12,14H2,1H3,(H2,23,24,25);1H. The van der Waals surface area contributed by atoms with E-state index in [1.807, 2.05) is 30.3 Å². The van der Waals surface area contributed by atoms with E-state index in [-0.39, 0.29) is 29.4 Å². The fourth-order valence-corrected chi connectivity index (χ4v) is 4.06. The van der Waals surface area contributed by atoms with Gasteiger partial charge in [0.25, 0.3) is 0 Å². The number of benzene rings is 1. The summed E-state index contributed by atoms with van der Waals surface area (Å²) in [5.41, 5.74) is 0.994. The second kappa shape index (κ2) is 11.3. The van der Waals surface area contributed by atoms with Gasteiger partial charge in [-0.2, -0.15) is 0 Å². The fraction of sp³-hybridized carbons (Fsp3) is 0.450. The number of furan rings is 1. The van der Waals surface area contributed by atoms with Crippen LogP contribution in [-0.4, -0.2) is 39.3 Å². The lowest BCUT2D eigenvalue weighted by atomic mass is 9.74. The number of ether oxygens (including phenoxy) is 1. The Labute approximate surface area is 193 Å². The number of aliphatic imine (C=N–C) groups is 1. The maximum atomic E-state index is 6.53. The summed E-state index contributed by atoms with van der Waals surface area (Å²) < 4.78 is 11.0. The molecule has 2 aromatic rings. The highest BCUT2D eigenvalue weighted by Crippen LogP contribution is 2.39. The Morgan fingerprint density at radius 1 is 1.18 bits per heavy atom. The van der Waals surface area contributed by atoms with Gasteiger partial charge in [0.2, 0.25) is 0 Å². The monoisotopic (exact) mass is 537 g/mol. The molecule has 0 amide bonds. The summed E-state index contributed by atoms with van der Waals surface area (Å²) in [4.78, 5) is 4.33. The molecule has 2 N–H and O–H groups in total. The molecule has 154 valence electrons. The van der Waals surface area contributed by atoms with Crippen molar-refractivity contribution < 1.29 is 9.15 Å². The van der Waals surface area contributed by atoms with Crippen molar-refractivity contribution in [3.63, 3.8) is 0 Å². The molecule has 0 spiro atoms. The van der Waals surface area contributed by atoms with Gasteiger partial charge < -0.3 is 19.8 Å². The summed E-state index contributed by atoms with van der Waals surface area (Å²) in [7, 11) is 1.77. The first kappa shape index (κ1) is 23.3. The van der Waals surface area contributed by atoms with E-state index in [4.69, 9.17) is 32.4 Å². The molecule has 3 rings (SSSR count). The quantitative estimate of drug-likeness (QED) is 0.319. The molecule has 0 bridgehead atoms. The molecule has 0 atom stereocenters. The Kier molecular flexibility index (Phi) is 9.40. The lowest BCUT2D eigenvalue weighted by molar-refractivity contribution is 0.0514. The first-order chi connectivity index (χ1) is 13.1. The number of halogens is 3. The van der Waals surface area contributed by atoms with E-state index in [2.05, 4.69) is 15.6 Å². The van der Waals surface area contributed by atoms with E-state index >= 15 is 0 Å². The molecular weight excluding hydrogens is 512 g/mol. The number of nitrogens with one attached hydrogen (secondary N) is 2. The Balaban J connectivity index is 0.00000280. The average molecular weight is 538 g/mol. The van der Waals surface area contributed by atoms with Crippen molar-refractivity contribution in [3.8, 4) is 0 Å². The number of nitrogens with zero attached hydrogens (tertiary/aromatic N) is 1. The predicted octanol–water partition coefficient (Wildman–Crippen LogP) is 4.66. The molecule has 5 nitrogen and oxygen atoms in total. The minimum atomic E-state index is -0.113. The summed E-state index contributed by atoms with van der Waals surface area (Å²) in [5, 5.41) is 8.14. The third kappa shape index (κ3) is 6.02. The van der Waals surface area contributed by atoms with Crippen LogP contribution >= 0.6 is 47.2 Å². The highest BCUT2D eigenvalue weighted by atomic mass is 127. The van der Waals surface area contributed by atoms with Crippen LogP contribution in [0.15, 0.2) is 46.0 Å². The normalized spacial score (nSPS) is 16.3. The van der Waals surface area contributed by atoms with Crippen molar-refractivity contribution in [2.24, 2.45) is 4.99 Å². The number of hydrogen-bond donors (Lipinski definition) is 2. The van der Waals surface area contributed by atoms with E-state index in [0.717, 1.165) is 49.6 Å². The summed E-state index contributed by atoms with van der Waals surface area (Å²) in [6.07, 6.45) is 4.28. The SMILES string of the molecule is CN=C(NCCc1ccco1)NCC1(c2ccc(Cl)cc2Cl)CCOCC1.I. The largest absolute Gasteiger partial charge is 0.469 e. The Morgan fingerprint density at radius 2 is 1.96 bits per heavy atom. The van der Waals surface area contributed by atoms with Crippen LogP contribution in [0.25, 0.3) is 0 Å². The van der Waals surface area contributed by atoms with Gasteiger partial charge in [0, 0.05) is 55.2 Å². The van der Waals surface area contributed by atoms with E-state index in [1.54, 1.807) is 13.3 Å². The average Bonchev–Trinajstić information content (AvgIpc) is 3.18. The van der Waals surface area contributed by atoms with Gasteiger partial charge >= 0.3 is 0 Å². The van der Waals surface area contributed by atoms with E-state index in [9.17, 15) is 0 Å². The molecule has 1 saturated heterocycles. The molecule has 2 heterocycles. The van der Waals surface area contributed by atoms with Crippen molar-refractivity contribution in [1.82, 2.24) is 10.6 Å². The molecule has 0 aliphatic carbocycles. The van der Waals surface area contributed by atoms with Crippen LogP contribution in [0, 0.1) is 0 Å². The predicted molar refractivity (Wildman–Crippen MR) is 125 cm³/mol. The molecule has 1 aliphatic rings. The van der Waals surface area contributed by atoms with E-state index in [1.165, 1.54) is 0 Å². The minimum Gasteiger partial charge on any atom is -0.469 e. The van der Waals surface area contributed by atoms with Crippen LogP contribution in [-0.2, 0) is 16.6 Å². The number of guanidine groups is 1. The van der Waals surface area contributed by atoms with Crippen LogP contribution in [0.5, 0.6) is 0 Å². The van der Waals surface area contributed by atoms with Gasteiger partial charge in [-0.05, 0) is 42.7 Å². The summed E-state index contributed by atoms with van der Waals surface area (Å²) in [6.45, 7) is 2.89. The molecule has 1 aromatic heterocycles. The van der Waals surface area contributed by atoms with Gasteiger partial charge in [-0.1, -0.05) is 29.3 Å². The first-order valence-corrected chi connectivity index (χ1v) is 9.89. The van der Waals surface area contributed by atoms with Crippen LogP contribution < -0.4 is 10.6 Å². The highest BCUT2D eigenvalue weighted by Gasteiger charge is 2.36. The Bertz CT molecular complexity index is 763. The van der Waals surface area contributed by atoms with Crippen LogP contribution in [0.2, 0.25) is 10.0 Å². The fourth-order valence-electron chi connectivity index (χ4n) is 3.46. The summed E-state index contributed by atoms with van der Waals surface area (Å²) >= 11 is 12.6. The lowest BCUT2D eigenvalue weighted by Crippen LogP contribution is -2.48. The van der Waals surface area contributed by atoms with Crippen molar-refractivity contribution >= 4 is 53.1 Å². The molecular formula is C20H26Cl2IN3O2. The summed E-state index contributed by atoms with van der Waals surface area (Å²) in [5.74, 6) is 1.71. The second-order valence-electron chi connectivity index (χ2n) is 6.70. The van der Waals surface area contributed by atoms with Crippen molar-refractivity contribution in [3.05, 3.63) is 58.0 Å². The lowest BCUT2D eigenvalue weighted by Gasteiger charge is -2.39. The van der Waals surface area contributed by atoms with Crippen molar-refractivity contribution in [2.45, 2.75) is 24.7 Å². The zero-order valence-corrected chi connectivity index (χ0v) is 19.7. The molecule has 1 fully saturated rings. The topological polar surface area (TPSA) is 58.8 Å². The maximum Gasteiger partial charge on any atom is 0.191 e. The molecule has 0 saturated carbocycles. The van der Waals surface area contributed by atoms with Gasteiger partial charge in [0.15, 0.2) is 5.96 Å². The van der Waals surface area contributed by atoms with Gasteiger partial charge in [-0.3, -0.25) is 4.99 Å². The molecule has 1 aromatic carbocycles. The molecule has 1 aliphatic heterocycles. The Morgan fingerprint density at radius 3 is 2.61 bits per heavy atom. The minimum absolute atomic E-state index is 0. The number of rotatable bonds is 6. The van der Waals surface area contributed by atoms with E-state index in [0.29, 0.717) is 23.3 Å². The third-order valence-electron chi connectivity index (χ3n) is 5.01. The number of hydrogen-bond acceptors (Lipinski definition) is 3. The van der Waals surface area contributed by atoms with Crippen LogP contribution in [0.4, 0.5) is 0 Å². The molecule has 0 radical (unpaired) electrons. The zero-order valence-electron chi connectivity index (χ0n) is 15.8. The van der Waals surface area contributed by atoms with Gasteiger partial charge in [0.05, 0.1) is 6.26 Å². The van der Waals surface area contributed by atoms with Gasteiger partial charge in [-0.15, -0.1) is 24.0 Å². The Hall–Kier alpha value is -0.960. The second-order valence-corrected chi connectivity index (χ2v) is 7.54. The van der Waals surface area contributed by atoms with Gasteiger partial charge in [0.1, 0.15) is 5.76 Å². The molecule has 28 heavy (non-hydrogen) atoms. The van der Waals surface area contributed by atoms with Crippen molar-refractivity contribution in [2.75, 3.05) is 33.4 Å². The zero-order chi connectivity index (χ0) is 19.1. The van der Waals surface area contributed by atoms with Crippen LogP contribution in [0.3, 0.4) is 0 Å². The highest BCUT2D eigenvalue weighted by molar-refractivity contribution is 14.0. The maximum absolute atomic E-state index is 6.53. The smallest absolute Gasteiger partial charge is 0.191 e.